The summed E-state index contributed by atoms with van der Waals surface area (Å²) < 4.78 is 5.11. The Morgan fingerprint density at radius 2 is 2.08 bits per heavy atom. The van der Waals surface area contributed by atoms with Crippen molar-refractivity contribution < 1.29 is 9.53 Å². The Balaban J connectivity index is 1.88. The topological polar surface area (TPSA) is 26.3 Å². The highest BCUT2D eigenvalue weighted by atomic mass is 16.5. The van der Waals surface area contributed by atoms with Crippen molar-refractivity contribution in [2.24, 2.45) is 28.1 Å². The summed E-state index contributed by atoms with van der Waals surface area (Å²) in [7, 11) is 0. The van der Waals surface area contributed by atoms with E-state index in [1.807, 2.05) is 6.92 Å². The molecule has 0 aromatic rings. The van der Waals surface area contributed by atoms with Gasteiger partial charge in [-0.1, -0.05) is 51.0 Å². The molecule has 3 aliphatic rings. The van der Waals surface area contributed by atoms with Crippen molar-refractivity contribution in [1.82, 2.24) is 0 Å². The lowest BCUT2D eigenvalue weighted by Crippen LogP contribution is -2.49. The van der Waals surface area contributed by atoms with Gasteiger partial charge >= 0.3 is 5.97 Å². The molecular formula is C24H36O2. The Hall–Kier alpha value is -1.31. The Morgan fingerprint density at radius 1 is 1.31 bits per heavy atom. The van der Waals surface area contributed by atoms with Crippen LogP contribution in [0.3, 0.4) is 0 Å². The summed E-state index contributed by atoms with van der Waals surface area (Å²) in [6.45, 7) is 13.6. The lowest BCUT2D eigenvalue weighted by Gasteiger charge is -2.58. The summed E-state index contributed by atoms with van der Waals surface area (Å²) in [5.74, 6) is 1.13. The molecule has 2 nitrogen and oxygen atoms in total. The van der Waals surface area contributed by atoms with E-state index in [4.69, 9.17) is 4.74 Å². The van der Waals surface area contributed by atoms with E-state index in [2.05, 4.69) is 45.6 Å². The fourth-order valence-electron chi connectivity index (χ4n) is 6.31. The van der Waals surface area contributed by atoms with Gasteiger partial charge in [0.1, 0.15) is 0 Å². The molecule has 0 heterocycles. The number of carbonyl (C=O) groups is 1. The molecular weight excluding hydrogens is 320 g/mol. The largest absolute Gasteiger partial charge is 0.463 e. The van der Waals surface area contributed by atoms with Crippen LogP contribution in [0.1, 0.15) is 72.6 Å². The van der Waals surface area contributed by atoms with Crippen LogP contribution >= 0.6 is 0 Å². The van der Waals surface area contributed by atoms with Crippen molar-refractivity contribution in [1.29, 1.82) is 0 Å². The van der Waals surface area contributed by atoms with Crippen LogP contribution in [0.25, 0.3) is 0 Å². The molecule has 3 aliphatic carbocycles. The third-order valence-corrected chi connectivity index (χ3v) is 7.76. The average Bonchev–Trinajstić information content (AvgIpc) is 2.60. The fourth-order valence-corrected chi connectivity index (χ4v) is 6.31. The summed E-state index contributed by atoms with van der Waals surface area (Å²) in [6, 6.07) is 0. The van der Waals surface area contributed by atoms with E-state index in [0.717, 1.165) is 6.42 Å². The number of allylic oxidation sites excluding steroid dienone is 4. The van der Waals surface area contributed by atoms with Gasteiger partial charge in [-0.25, -0.2) is 4.79 Å². The van der Waals surface area contributed by atoms with Crippen molar-refractivity contribution in [3.05, 3.63) is 36.5 Å². The third-order valence-electron chi connectivity index (χ3n) is 7.76. The Morgan fingerprint density at radius 3 is 2.77 bits per heavy atom. The van der Waals surface area contributed by atoms with E-state index in [1.165, 1.54) is 38.5 Å². The molecule has 0 radical (unpaired) electrons. The number of hydrogen-bond acceptors (Lipinski definition) is 2. The van der Waals surface area contributed by atoms with Gasteiger partial charge in [0.05, 0.1) is 6.61 Å². The number of fused-ring (bicyclic) bond motifs is 3. The maximum atomic E-state index is 11.9. The summed E-state index contributed by atoms with van der Waals surface area (Å²) in [6.07, 6.45) is 17.2. The molecule has 0 amide bonds. The molecule has 26 heavy (non-hydrogen) atoms. The highest BCUT2D eigenvalue weighted by molar-refractivity contribution is 5.82. The maximum absolute atomic E-state index is 11.9. The van der Waals surface area contributed by atoms with Crippen molar-refractivity contribution in [3.8, 4) is 0 Å². The minimum atomic E-state index is -0.201. The minimum Gasteiger partial charge on any atom is -0.463 e. The van der Waals surface area contributed by atoms with E-state index in [1.54, 1.807) is 11.6 Å². The van der Waals surface area contributed by atoms with Gasteiger partial charge in [0.2, 0.25) is 0 Å². The molecule has 0 spiro atoms. The van der Waals surface area contributed by atoms with Crippen LogP contribution in [0.2, 0.25) is 0 Å². The number of esters is 1. The van der Waals surface area contributed by atoms with Crippen LogP contribution in [0.4, 0.5) is 0 Å². The molecule has 2 heteroatoms. The summed E-state index contributed by atoms with van der Waals surface area (Å²) in [5, 5.41) is 0. The van der Waals surface area contributed by atoms with Crippen LogP contribution < -0.4 is 0 Å². The van der Waals surface area contributed by atoms with Gasteiger partial charge in [-0.05, 0) is 73.5 Å². The van der Waals surface area contributed by atoms with Gasteiger partial charge < -0.3 is 4.74 Å². The number of hydrogen-bond donors (Lipinski definition) is 0. The van der Waals surface area contributed by atoms with Crippen LogP contribution in [0.5, 0.6) is 0 Å². The van der Waals surface area contributed by atoms with Gasteiger partial charge in [-0.15, -0.1) is 6.58 Å². The molecule has 0 N–H and O–H groups in total. The van der Waals surface area contributed by atoms with Gasteiger partial charge in [0.15, 0.2) is 0 Å². The number of carbonyl (C=O) groups excluding carboxylic acids is 1. The van der Waals surface area contributed by atoms with Crippen molar-refractivity contribution in [2.45, 2.75) is 72.6 Å². The van der Waals surface area contributed by atoms with Crippen LogP contribution in [-0.2, 0) is 9.53 Å². The number of rotatable bonds is 4. The average molecular weight is 357 g/mol. The Bertz CT molecular complexity index is 630. The minimum absolute atomic E-state index is 0.0881. The normalized spacial score (nSPS) is 42.5. The first-order chi connectivity index (χ1) is 12.3. The van der Waals surface area contributed by atoms with Gasteiger partial charge in [-0.2, -0.15) is 0 Å². The molecule has 0 aromatic heterocycles. The highest BCUT2D eigenvalue weighted by Crippen LogP contribution is 2.64. The second-order valence-electron chi connectivity index (χ2n) is 9.61. The first-order valence-corrected chi connectivity index (χ1v) is 10.5. The number of ether oxygens (including phenoxy) is 1. The van der Waals surface area contributed by atoms with Crippen LogP contribution in [0.15, 0.2) is 36.5 Å². The van der Waals surface area contributed by atoms with E-state index >= 15 is 0 Å². The molecule has 0 saturated heterocycles. The Labute approximate surface area is 159 Å². The van der Waals surface area contributed by atoms with E-state index in [0.29, 0.717) is 18.4 Å². The lowest BCUT2D eigenvalue weighted by molar-refractivity contribution is -0.137. The van der Waals surface area contributed by atoms with Crippen LogP contribution in [-0.4, -0.2) is 12.6 Å². The second-order valence-corrected chi connectivity index (χ2v) is 9.61. The highest BCUT2D eigenvalue weighted by Gasteiger charge is 2.54. The Kier molecular flexibility index (Phi) is 5.25. The monoisotopic (exact) mass is 356 g/mol. The summed E-state index contributed by atoms with van der Waals surface area (Å²) in [4.78, 5) is 11.9. The molecule has 2 unspecified atom stereocenters. The van der Waals surface area contributed by atoms with E-state index in [9.17, 15) is 4.79 Å². The van der Waals surface area contributed by atoms with E-state index < -0.39 is 0 Å². The quantitative estimate of drug-likeness (QED) is 0.338. The molecule has 0 aromatic carbocycles. The predicted molar refractivity (Wildman–Crippen MR) is 108 cm³/mol. The van der Waals surface area contributed by atoms with Gasteiger partial charge in [-0.3, -0.25) is 0 Å². The zero-order valence-electron chi connectivity index (χ0n) is 17.1. The van der Waals surface area contributed by atoms with E-state index in [-0.39, 0.29) is 22.2 Å². The predicted octanol–water partition coefficient (Wildman–Crippen LogP) is 6.24. The smallest absolute Gasteiger partial charge is 0.330 e. The van der Waals surface area contributed by atoms with Crippen molar-refractivity contribution in [3.63, 3.8) is 0 Å². The van der Waals surface area contributed by atoms with Gasteiger partial charge in [0, 0.05) is 6.08 Å². The molecule has 5 atom stereocenters. The molecule has 3 rings (SSSR count). The zero-order valence-corrected chi connectivity index (χ0v) is 17.1. The fraction of sp³-hybridized carbons (Fsp3) is 0.708. The lowest BCUT2D eigenvalue weighted by atomic mass is 9.46. The standard InChI is InChI=1S/C24H36O2/c1-6-22(3)15-11-19-18(17-22)9-10-20-23(4,13-8-14-24(19,20)5)16-12-21(25)26-7-2/h6,11-12,16,18,20H,1,7-10,13-15,17H2,2-5H3/b16-12+/t18?,20?,22-,23-,24-/m0/s1. The summed E-state index contributed by atoms with van der Waals surface area (Å²) >= 11 is 0. The molecule has 144 valence electrons. The third kappa shape index (κ3) is 3.32. The SMILES string of the molecule is C=C[C@@]1(C)CC=C2C(CCC3[C@@]2(C)CCC[C@@]3(C)/C=C/C(=O)OCC)C1. The zero-order chi connectivity index (χ0) is 19.0. The first-order valence-electron chi connectivity index (χ1n) is 10.5. The maximum Gasteiger partial charge on any atom is 0.330 e. The molecule has 0 bridgehead atoms. The van der Waals surface area contributed by atoms with Crippen molar-refractivity contribution in [2.75, 3.05) is 6.61 Å². The molecule has 2 saturated carbocycles. The van der Waals surface area contributed by atoms with Crippen LogP contribution in [0, 0.1) is 28.1 Å². The molecule has 0 aliphatic heterocycles. The first kappa shape index (κ1) is 19.5. The van der Waals surface area contributed by atoms with Gasteiger partial charge in [0.25, 0.3) is 0 Å². The second kappa shape index (κ2) is 7.02. The van der Waals surface area contributed by atoms with Crippen molar-refractivity contribution >= 4 is 5.97 Å². The summed E-state index contributed by atoms with van der Waals surface area (Å²) in [5.41, 5.74) is 2.34. The molecule has 2 fully saturated rings.